The van der Waals surface area contributed by atoms with Crippen molar-refractivity contribution in [3.63, 3.8) is 0 Å². The molecule has 1 amide bonds. The average Bonchev–Trinajstić information content (AvgIpc) is 3.87. The zero-order valence-corrected chi connectivity index (χ0v) is 30.5. The molecule has 12 nitrogen and oxygen atoms in total. The maximum Gasteiger partial charge on any atom is 0.271 e. The number of hydrogen-bond donors (Lipinski definition) is 1. The quantitative estimate of drug-likeness (QED) is 0.235. The number of hydrogen-bond acceptors (Lipinski definition) is 11. The van der Waals surface area contributed by atoms with Crippen molar-refractivity contribution in [2.45, 2.75) is 42.3 Å². The number of piperazine rings is 1. The zero-order chi connectivity index (χ0) is 36.0. The summed E-state index contributed by atoms with van der Waals surface area (Å²) in [5, 5.41) is 9.76. The first-order valence-corrected chi connectivity index (χ1v) is 18.8. The van der Waals surface area contributed by atoms with Gasteiger partial charge in [-0.2, -0.15) is 0 Å². The summed E-state index contributed by atoms with van der Waals surface area (Å²) in [6, 6.07) is 16.7. The largest absolute Gasteiger partial charge is 0.497 e. The van der Waals surface area contributed by atoms with E-state index in [0.29, 0.717) is 66.0 Å². The molecule has 3 aliphatic rings. The molecule has 1 unspecified atom stereocenters. The molecule has 2 fully saturated rings. The molecule has 0 radical (unpaired) electrons. The lowest BCUT2D eigenvalue weighted by atomic mass is 9.78. The van der Waals surface area contributed by atoms with Gasteiger partial charge in [0.1, 0.15) is 17.8 Å². The van der Waals surface area contributed by atoms with Crippen molar-refractivity contribution in [3.8, 4) is 11.5 Å². The number of sulfonamides is 1. The Morgan fingerprint density at radius 1 is 0.941 bits per heavy atom. The minimum Gasteiger partial charge on any atom is -0.497 e. The lowest BCUT2D eigenvalue weighted by Crippen LogP contribution is -2.59. The molecule has 3 aromatic carbocycles. The second-order valence-corrected chi connectivity index (χ2v) is 15.6. The van der Waals surface area contributed by atoms with E-state index in [9.17, 15) is 13.5 Å². The van der Waals surface area contributed by atoms with Gasteiger partial charge in [-0.05, 0) is 79.9 Å². The number of benzene rings is 3. The molecule has 4 aromatic rings. The van der Waals surface area contributed by atoms with Crippen LogP contribution in [0.15, 0.2) is 82.4 Å². The lowest BCUT2D eigenvalue weighted by molar-refractivity contribution is -0.130. The Balaban J connectivity index is 1.44. The first kappa shape index (κ1) is 35.4. The first-order valence-electron chi connectivity index (χ1n) is 17.0. The van der Waals surface area contributed by atoms with Gasteiger partial charge in [0, 0.05) is 62.0 Å². The molecule has 1 aromatic heterocycles. The lowest BCUT2D eigenvalue weighted by Gasteiger charge is -2.46. The van der Waals surface area contributed by atoms with Gasteiger partial charge in [-0.15, -0.1) is 0 Å². The Morgan fingerprint density at radius 2 is 1.69 bits per heavy atom. The molecule has 0 spiro atoms. The van der Waals surface area contributed by atoms with Gasteiger partial charge >= 0.3 is 0 Å². The van der Waals surface area contributed by atoms with E-state index in [-0.39, 0.29) is 17.2 Å². The number of methoxy groups -OCH3 is 2. The minimum atomic E-state index is -4.45. The Hall–Kier alpha value is -3.98. The number of amides is 1. The number of ether oxygens (including phenoxy) is 2. The summed E-state index contributed by atoms with van der Waals surface area (Å²) in [6.07, 6.45) is 4.37. The van der Waals surface area contributed by atoms with E-state index in [1.54, 1.807) is 43.6 Å². The molecule has 51 heavy (non-hydrogen) atoms. The molecule has 0 aliphatic carbocycles. The van der Waals surface area contributed by atoms with Crippen molar-refractivity contribution in [3.05, 3.63) is 101 Å². The van der Waals surface area contributed by atoms with Gasteiger partial charge in [-0.3, -0.25) is 19.5 Å². The topological polar surface area (TPSA) is 129 Å². The number of nitrogens with zero attached hydrogens (tertiary/aromatic N) is 5. The number of aliphatic hydroxyl groups excluding tert-OH is 1. The molecule has 1 N–H and O–H groups in total. The zero-order valence-electron chi connectivity index (χ0n) is 28.9. The summed E-state index contributed by atoms with van der Waals surface area (Å²) in [5.41, 5.74) is -0.574. The van der Waals surface area contributed by atoms with Crippen LogP contribution in [0.5, 0.6) is 11.5 Å². The second kappa shape index (κ2) is 13.9. The van der Waals surface area contributed by atoms with E-state index in [1.807, 2.05) is 30.0 Å². The van der Waals surface area contributed by atoms with Crippen LogP contribution in [-0.4, -0.2) is 99.2 Å². The van der Waals surface area contributed by atoms with Gasteiger partial charge < -0.3 is 19.0 Å². The SMILES string of the molecule is COc1ccc(S(=O)(=O)N2C(=O)C(c3cc(CN4CCN(CCO)CC4)ccc3OC)(N3CCC[C@@]3(C)c3ncco3)c3cc(Cl)ccc32)cc1. The van der Waals surface area contributed by atoms with Gasteiger partial charge in [-0.25, -0.2) is 17.7 Å². The Kier molecular flexibility index (Phi) is 9.63. The van der Waals surface area contributed by atoms with Crippen LogP contribution in [0.2, 0.25) is 5.02 Å². The predicted molar refractivity (Wildman–Crippen MR) is 191 cm³/mol. The Labute approximate surface area is 303 Å². The van der Waals surface area contributed by atoms with Gasteiger partial charge in [-0.1, -0.05) is 17.7 Å². The molecule has 3 aliphatic heterocycles. The van der Waals surface area contributed by atoms with E-state index < -0.39 is 27.0 Å². The van der Waals surface area contributed by atoms with Crippen LogP contribution in [0.1, 0.15) is 42.3 Å². The Morgan fingerprint density at radius 3 is 2.35 bits per heavy atom. The van der Waals surface area contributed by atoms with E-state index in [0.717, 1.165) is 36.0 Å². The monoisotopic (exact) mass is 735 g/mol. The van der Waals surface area contributed by atoms with E-state index in [2.05, 4.69) is 14.8 Å². The summed E-state index contributed by atoms with van der Waals surface area (Å²) in [7, 11) is -1.40. The molecule has 2 atom stereocenters. The fourth-order valence-corrected chi connectivity index (χ4v) is 9.66. The van der Waals surface area contributed by atoms with Crippen molar-refractivity contribution >= 4 is 33.2 Å². The normalized spacial score (nSPS) is 23.2. The van der Waals surface area contributed by atoms with Gasteiger partial charge in [0.25, 0.3) is 15.9 Å². The molecular formula is C37H42ClN5O7S. The standard InChI is InChI=1S/C37H42ClN5O7S/c1-36(34-39-14-22-50-34)13-4-15-42(36)37(31-23-26(5-12-33(31)49-3)25-41-18-16-40(17-19-41)20-21-44)30-24-27(38)6-11-32(30)43(35(37)45)51(46,47)29-9-7-28(48-2)8-10-29/h5-12,14,22-24,44H,4,13,15-21,25H2,1-3H3/t36-,37?/m0/s1. The summed E-state index contributed by atoms with van der Waals surface area (Å²) in [4.78, 5) is 26.8. The third kappa shape index (κ3) is 5.89. The maximum atomic E-state index is 15.7. The third-order valence-electron chi connectivity index (χ3n) is 10.5. The number of β-amino-alcohol motifs (C(OH)–C–C–N with tert-alkyl or cyclic N) is 1. The Bertz CT molecular complexity index is 2000. The number of halogens is 1. The highest BCUT2D eigenvalue weighted by Crippen LogP contribution is 2.58. The molecule has 14 heteroatoms. The molecule has 4 heterocycles. The fourth-order valence-electron chi connectivity index (χ4n) is 8.02. The number of carbonyl (C=O) groups excluding carboxylic acids is 1. The second-order valence-electron chi connectivity index (χ2n) is 13.4. The van der Waals surface area contributed by atoms with Crippen molar-refractivity contribution in [1.82, 2.24) is 19.7 Å². The highest BCUT2D eigenvalue weighted by atomic mass is 35.5. The van der Waals surface area contributed by atoms with Crippen molar-refractivity contribution in [2.75, 3.05) is 64.4 Å². The van der Waals surface area contributed by atoms with Crippen LogP contribution in [0, 0.1) is 0 Å². The van der Waals surface area contributed by atoms with Gasteiger partial charge in [0.15, 0.2) is 5.54 Å². The number of fused-ring (bicyclic) bond motifs is 1. The van der Waals surface area contributed by atoms with Crippen LogP contribution in [-0.2, 0) is 32.4 Å². The molecule has 7 rings (SSSR count). The molecule has 270 valence electrons. The molecule has 0 saturated carbocycles. The number of aliphatic hydroxyl groups is 1. The minimum absolute atomic E-state index is 0.0636. The number of anilines is 1. The number of carbonyl (C=O) groups is 1. The summed E-state index contributed by atoms with van der Waals surface area (Å²) < 4.78 is 47.6. The molecule has 2 saturated heterocycles. The third-order valence-corrected chi connectivity index (χ3v) is 12.5. The summed E-state index contributed by atoms with van der Waals surface area (Å²) >= 11 is 6.74. The van der Waals surface area contributed by atoms with Crippen LogP contribution in [0.25, 0.3) is 0 Å². The number of rotatable bonds is 11. The molecular weight excluding hydrogens is 694 g/mol. The maximum absolute atomic E-state index is 15.7. The van der Waals surface area contributed by atoms with Gasteiger partial charge in [0.2, 0.25) is 5.89 Å². The van der Waals surface area contributed by atoms with Crippen molar-refractivity contribution in [1.29, 1.82) is 0 Å². The smallest absolute Gasteiger partial charge is 0.271 e. The highest BCUT2D eigenvalue weighted by molar-refractivity contribution is 7.93. The predicted octanol–water partition coefficient (Wildman–Crippen LogP) is 4.45. The summed E-state index contributed by atoms with van der Waals surface area (Å²) in [5.74, 6) is 0.654. The van der Waals surface area contributed by atoms with Crippen LogP contribution in [0.4, 0.5) is 5.69 Å². The van der Waals surface area contributed by atoms with Gasteiger partial charge in [0.05, 0.1) is 43.1 Å². The summed E-state index contributed by atoms with van der Waals surface area (Å²) in [6.45, 7) is 7.05. The van der Waals surface area contributed by atoms with E-state index >= 15 is 4.79 Å². The van der Waals surface area contributed by atoms with Crippen LogP contribution < -0.4 is 13.8 Å². The van der Waals surface area contributed by atoms with Crippen molar-refractivity contribution in [2.24, 2.45) is 0 Å². The van der Waals surface area contributed by atoms with Crippen LogP contribution in [0.3, 0.4) is 0 Å². The molecule has 0 bridgehead atoms. The number of oxazole rings is 1. The van der Waals surface area contributed by atoms with E-state index in [4.69, 9.17) is 25.5 Å². The highest BCUT2D eigenvalue weighted by Gasteiger charge is 2.65. The van der Waals surface area contributed by atoms with Crippen LogP contribution >= 0.6 is 11.6 Å². The van der Waals surface area contributed by atoms with Crippen molar-refractivity contribution < 1.29 is 32.2 Å². The average molecular weight is 736 g/mol. The van der Waals surface area contributed by atoms with E-state index in [1.165, 1.54) is 25.5 Å². The first-order chi connectivity index (χ1) is 24.6. The fraction of sp³-hybridized carbons (Fsp3) is 0.405. The number of likely N-dealkylation sites (tertiary alicyclic amines) is 1. The number of aromatic nitrogens is 1.